The second-order valence-corrected chi connectivity index (χ2v) is 4.73. The van der Waals surface area contributed by atoms with Crippen LogP contribution in [0.5, 0.6) is 0 Å². The fraction of sp³-hybridized carbons (Fsp3) is 1.00. The molecule has 2 bridgehead atoms. The molecule has 0 radical (unpaired) electrons. The molecule has 0 aromatic heterocycles. The van der Waals surface area contributed by atoms with Gasteiger partial charge in [0.1, 0.15) is 0 Å². The normalized spacial score (nSPS) is 42.7. The van der Waals surface area contributed by atoms with Crippen LogP contribution in [-0.2, 0) is 0 Å². The summed E-state index contributed by atoms with van der Waals surface area (Å²) < 4.78 is 0. The first kappa shape index (κ1) is 6.09. The molecule has 3 fully saturated rings. The van der Waals surface area contributed by atoms with Crippen molar-refractivity contribution >= 4 is 11.8 Å². The number of fused-ring (bicyclic) bond motifs is 4. The van der Waals surface area contributed by atoms with Gasteiger partial charge in [-0.15, -0.1) is 0 Å². The van der Waals surface area contributed by atoms with E-state index in [1.165, 1.54) is 25.0 Å². The van der Waals surface area contributed by atoms with E-state index in [0.717, 1.165) is 11.2 Å². The highest BCUT2D eigenvalue weighted by molar-refractivity contribution is 7.99. The molecular formula is C8H14S. The van der Waals surface area contributed by atoms with Crippen molar-refractivity contribution in [2.24, 2.45) is 5.92 Å². The Morgan fingerprint density at radius 3 is 2.89 bits per heavy atom. The third kappa shape index (κ3) is 1.26. The quantitative estimate of drug-likeness (QED) is 0.501. The van der Waals surface area contributed by atoms with Crippen LogP contribution in [0.25, 0.3) is 0 Å². The minimum Gasteiger partial charge on any atom is -0.159 e. The molecule has 0 aromatic rings. The maximum Gasteiger partial charge on any atom is 0.00523 e. The fourth-order valence-electron chi connectivity index (χ4n) is 1.83. The van der Waals surface area contributed by atoms with Crippen LogP contribution in [0.2, 0.25) is 0 Å². The van der Waals surface area contributed by atoms with Gasteiger partial charge in [0, 0.05) is 5.25 Å². The number of hydrogen-bond donors (Lipinski definition) is 0. The molecule has 0 N–H and O–H groups in total. The van der Waals surface area contributed by atoms with E-state index in [1.54, 1.807) is 12.8 Å². The lowest BCUT2D eigenvalue weighted by Gasteiger charge is -2.37. The smallest absolute Gasteiger partial charge is 0.00523 e. The van der Waals surface area contributed by atoms with Gasteiger partial charge in [0.15, 0.2) is 0 Å². The lowest BCUT2D eigenvalue weighted by molar-refractivity contribution is 0.295. The van der Waals surface area contributed by atoms with E-state index in [-0.39, 0.29) is 0 Å². The predicted octanol–water partition coefficient (Wildman–Crippen LogP) is 2.68. The summed E-state index contributed by atoms with van der Waals surface area (Å²) in [5.41, 5.74) is 0. The standard InChI is InChI=1S/C8H14S/c1-2-4-9-8-5-7(3-1)6-8/h7-8H,1-6H2. The Bertz CT molecular complexity index is 79.2. The first-order valence-corrected chi connectivity index (χ1v) is 5.11. The largest absolute Gasteiger partial charge is 0.159 e. The van der Waals surface area contributed by atoms with E-state index < -0.39 is 0 Å². The maximum absolute atomic E-state index is 2.22. The van der Waals surface area contributed by atoms with Crippen molar-refractivity contribution in [2.75, 3.05) is 5.75 Å². The number of hydrogen-bond acceptors (Lipinski definition) is 1. The summed E-state index contributed by atoms with van der Waals surface area (Å²) in [6.07, 6.45) is 7.62. The topological polar surface area (TPSA) is 0 Å². The Hall–Kier alpha value is 0.350. The van der Waals surface area contributed by atoms with E-state index in [2.05, 4.69) is 11.8 Å². The molecule has 2 aliphatic heterocycles. The average Bonchev–Trinajstić information content (AvgIpc) is 1.54. The number of thioether (sulfide) groups is 1. The van der Waals surface area contributed by atoms with Crippen LogP contribution in [0.15, 0.2) is 0 Å². The molecule has 0 aromatic carbocycles. The van der Waals surface area contributed by atoms with Gasteiger partial charge in [-0.1, -0.05) is 12.8 Å². The van der Waals surface area contributed by atoms with Gasteiger partial charge in [-0.2, -0.15) is 11.8 Å². The van der Waals surface area contributed by atoms with Crippen LogP contribution in [0.4, 0.5) is 0 Å². The Kier molecular flexibility index (Phi) is 1.71. The van der Waals surface area contributed by atoms with Gasteiger partial charge in [0.25, 0.3) is 0 Å². The average molecular weight is 142 g/mol. The summed E-state index contributed by atoms with van der Waals surface area (Å²) in [4.78, 5) is 0. The highest BCUT2D eigenvalue weighted by Crippen LogP contribution is 2.41. The molecule has 3 aliphatic rings. The highest BCUT2D eigenvalue weighted by Gasteiger charge is 2.29. The lowest BCUT2D eigenvalue weighted by Crippen LogP contribution is -2.27. The van der Waals surface area contributed by atoms with Gasteiger partial charge in [0.2, 0.25) is 0 Å². The van der Waals surface area contributed by atoms with Crippen LogP contribution < -0.4 is 0 Å². The molecule has 9 heavy (non-hydrogen) atoms. The van der Waals surface area contributed by atoms with Crippen LogP contribution in [0.3, 0.4) is 0 Å². The van der Waals surface area contributed by atoms with Crippen molar-refractivity contribution in [3.63, 3.8) is 0 Å². The molecule has 0 nitrogen and oxygen atoms in total. The van der Waals surface area contributed by atoms with Gasteiger partial charge >= 0.3 is 0 Å². The van der Waals surface area contributed by atoms with Gasteiger partial charge in [0.05, 0.1) is 0 Å². The lowest BCUT2D eigenvalue weighted by atomic mass is 9.81. The van der Waals surface area contributed by atoms with E-state index in [1.807, 2.05) is 0 Å². The molecule has 2 saturated heterocycles. The summed E-state index contributed by atoms with van der Waals surface area (Å²) in [6, 6.07) is 0. The summed E-state index contributed by atoms with van der Waals surface area (Å²) in [5, 5.41) is 1.08. The Balaban J connectivity index is 1.85. The van der Waals surface area contributed by atoms with Crippen LogP contribution in [0, 0.1) is 5.92 Å². The monoisotopic (exact) mass is 142 g/mol. The molecule has 1 aliphatic carbocycles. The first-order valence-electron chi connectivity index (χ1n) is 4.07. The van der Waals surface area contributed by atoms with Crippen LogP contribution >= 0.6 is 11.8 Å². The summed E-state index contributed by atoms with van der Waals surface area (Å²) >= 11 is 2.22. The molecule has 0 unspecified atom stereocenters. The van der Waals surface area contributed by atoms with Crippen molar-refractivity contribution in [3.05, 3.63) is 0 Å². The molecule has 1 saturated carbocycles. The highest BCUT2D eigenvalue weighted by atomic mass is 32.2. The Morgan fingerprint density at radius 1 is 1.11 bits per heavy atom. The zero-order chi connectivity index (χ0) is 6.10. The summed E-state index contributed by atoms with van der Waals surface area (Å²) in [6.45, 7) is 0. The van der Waals surface area contributed by atoms with E-state index in [9.17, 15) is 0 Å². The van der Waals surface area contributed by atoms with Gasteiger partial charge < -0.3 is 0 Å². The molecule has 52 valence electrons. The van der Waals surface area contributed by atoms with Crippen molar-refractivity contribution < 1.29 is 0 Å². The maximum atomic E-state index is 2.22. The van der Waals surface area contributed by atoms with Crippen LogP contribution in [0.1, 0.15) is 32.1 Å². The Labute approximate surface area is 61.4 Å². The second-order valence-electron chi connectivity index (χ2n) is 3.33. The number of rotatable bonds is 0. The molecule has 0 spiro atoms. The van der Waals surface area contributed by atoms with Crippen molar-refractivity contribution in [1.29, 1.82) is 0 Å². The third-order valence-electron chi connectivity index (χ3n) is 2.55. The summed E-state index contributed by atoms with van der Waals surface area (Å²) in [5.74, 6) is 2.58. The molecule has 2 heterocycles. The second kappa shape index (κ2) is 2.53. The van der Waals surface area contributed by atoms with Gasteiger partial charge in [-0.3, -0.25) is 0 Å². The van der Waals surface area contributed by atoms with E-state index in [0.29, 0.717) is 0 Å². The minimum absolute atomic E-state index is 1.08. The molecule has 0 atom stereocenters. The molecular weight excluding hydrogens is 128 g/mol. The molecule has 1 heteroatoms. The molecule has 3 rings (SSSR count). The van der Waals surface area contributed by atoms with E-state index in [4.69, 9.17) is 0 Å². The Morgan fingerprint density at radius 2 is 2.00 bits per heavy atom. The predicted molar refractivity (Wildman–Crippen MR) is 42.8 cm³/mol. The van der Waals surface area contributed by atoms with E-state index >= 15 is 0 Å². The van der Waals surface area contributed by atoms with Crippen LogP contribution in [-0.4, -0.2) is 11.0 Å². The van der Waals surface area contributed by atoms with Crippen molar-refractivity contribution in [1.82, 2.24) is 0 Å². The van der Waals surface area contributed by atoms with Crippen molar-refractivity contribution in [2.45, 2.75) is 37.4 Å². The SMILES string of the molecule is C1CCC2CC(C2)SC1. The first-order chi connectivity index (χ1) is 4.45. The van der Waals surface area contributed by atoms with Gasteiger partial charge in [-0.05, 0) is 30.9 Å². The van der Waals surface area contributed by atoms with Gasteiger partial charge in [-0.25, -0.2) is 0 Å². The fourth-order valence-corrected chi connectivity index (χ4v) is 3.35. The summed E-state index contributed by atoms with van der Waals surface area (Å²) in [7, 11) is 0. The zero-order valence-corrected chi connectivity index (χ0v) is 6.62. The van der Waals surface area contributed by atoms with Crippen molar-refractivity contribution in [3.8, 4) is 0 Å². The minimum atomic E-state index is 1.08. The third-order valence-corrected chi connectivity index (χ3v) is 3.93. The molecule has 0 amide bonds. The zero-order valence-electron chi connectivity index (χ0n) is 5.81.